The summed E-state index contributed by atoms with van der Waals surface area (Å²) in [5.41, 5.74) is 8.05. The molecule has 0 bridgehead atoms. The van der Waals surface area contributed by atoms with Gasteiger partial charge in [0.1, 0.15) is 11.6 Å². The molecule has 0 amide bonds. The van der Waals surface area contributed by atoms with E-state index in [1.165, 1.54) is 12.1 Å². The Kier molecular flexibility index (Phi) is 2.56. The topological polar surface area (TPSA) is 51.8 Å². The highest BCUT2D eigenvalue weighted by atomic mass is 19.1. The second-order valence-corrected chi connectivity index (χ2v) is 3.72. The maximum atomic E-state index is 13.0. The predicted molar refractivity (Wildman–Crippen MR) is 61.3 cm³/mol. The van der Waals surface area contributed by atoms with Crippen molar-refractivity contribution in [3.05, 3.63) is 41.3 Å². The molecule has 82 valence electrons. The van der Waals surface area contributed by atoms with Crippen LogP contribution in [0.5, 0.6) is 0 Å². The Labute approximate surface area is 93.2 Å². The third-order valence-electron chi connectivity index (χ3n) is 2.30. The van der Waals surface area contributed by atoms with Crippen LogP contribution in [-0.2, 0) is 0 Å². The van der Waals surface area contributed by atoms with Gasteiger partial charge in [-0.3, -0.25) is 0 Å². The van der Waals surface area contributed by atoms with Crippen molar-refractivity contribution in [2.45, 2.75) is 13.8 Å². The molecule has 3 nitrogen and oxygen atoms in total. The molecule has 0 unspecified atom stereocenters. The molecular weight excluding hydrogens is 205 g/mol. The number of nitrogen functional groups attached to an aromatic ring is 1. The Morgan fingerprint density at radius 3 is 2.50 bits per heavy atom. The third-order valence-corrected chi connectivity index (χ3v) is 2.30. The summed E-state index contributed by atoms with van der Waals surface area (Å²) in [7, 11) is 0. The lowest BCUT2D eigenvalue weighted by atomic mass is 10.1. The van der Waals surface area contributed by atoms with Crippen molar-refractivity contribution in [1.82, 2.24) is 9.97 Å². The van der Waals surface area contributed by atoms with Crippen molar-refractivity contribution >= 4 is 5.82 Å². The van der Waals surface area contributed by atoms with Gasteiger partial charge in [0.05, 0.1) is 0 Å². The highest BCUT2D eigenvalue weighted by Gasteiger charge is 2.07. The van der Waals surface area contributed by atoms with Gasteiger partial charge < -0.3 is 5.73 Å². The zero-order chi connectivity index (χ0) is 11.7. The molecule has 2 N–H and O–H groups in total. The number of nitrogens with zero attached hydrogens (tertiary/aromatic N) is 2. The average Bonchev–Trinajstić information content (AvgIpc) is 2.15. The Morgan fingerprint density at radius 1 is 1.12 bits per heavy atom. The molecule has 0 radical (unpaired) electrons. The van der Waals surface area contributed by atoms with Crippen LogP contribution in [0.1, 0.15) is 11.3 Å². The summed E-state index contributed by atoms with van der Waals surface area (Å²) < 4.78 is 13.0. The van der Waals surface area contributed by atoms with Gasteiger partial charge in [-0.05, 0) is 37.6 Å². The summed E-state index contributed by atoms with van der Waals surface area (Å²) in [4.78, 5) is 8.42. The van der Waals surface area contributed by atoms with E-state index in [4.69, 9.17) is 5.73 Å². The number of hydrogen-bond acceptors (Lipinski definition) is 3. The maximum absolute atomic E-state index is 13.0. The number of aryl methyl sites for hydroxylation is 2. The minimum Gasteiger partial charge on any atom is -0.384 e. The first kappa shape index (κ1) is 10.5. The number of nitrogens with two attached hydrogens (primary N) is 1. The lowest BCUT2D eigenvalue weighted by Crippen LogP contribution is -1.98. The molecule has 0 aliphatic rings. The lowest BCUT2D eigenvalue weighted by Gasteiger charge is -2.06. The third kappa shape index (κ3) is 2.00. The second kappa shape index (κ2) is 3.89. The number of aromatic nitrogens is 2. The molecule has 4 heteroatoms. The normalized spacial score (nSPS) is 10.4. The minimum absolute atomic E-state index is 0.262. The van der Waals surface area contributed by atoms with Gasteiger partial charge in [0.25, 0.3) is 0 Å². The average molecular weight is 217 g/mol. The van der Waals surface area contributed by atoms with Crippen LogP contribution in [0.3, 0.4) is 0 Å². The summed E-state index contributed by atoms with van der Waals surface area (Å²) >= 11 is 0. The predicted octanol–water partition coefficient (Wildman–Crippen LogP) is 2.48. The van der Waals surface area contributed by atoms with Crippen molar-refractivity contribution in [2.75, 3.05) is 5.73 Å². The van der Waals surface area contributed by atoms with Crippen molar-refractivity contribution < 1.29 is 4.39 Å². The van der Waals surface area contributed by atoms with E-state index in [-0.39, 0.29) is 5.82 Å². The highest BCUT2D eigenvalue weighted by Crippen LogP contribution is 2.21. The van der Waals surface area contributed by atoms with Crippen LogP contribution in [-0.4, -0.2) is 9.97 Å². The number of benzene rings is 1. The molecular formula is C12H12FN3. The van der Waals surface area contributed by atoms with Crippen LogP contribution in [0.15, 0.2) is 24.3 Å². The van der Waals surface area contributed by atoms with Crippen LogP contribution in [0.2, 0.25) is 0 Å². The Bertz CT molecular complexity index is 518. The molecule has 1 aromatic carbocycles. The van der Waals surface area contributed by atoms with Gasteiger partial charge in [-0.2, -0.15) is 0 Å². The van der Waals surface area contributed by atoms with Gasteiger partial charge >= 0.3 is 0 Å². The van der Waals surface area contributed by atoms with Crippen molar-refractivity contribution in [2.24, 2.45) is 0 Å². The van der Waals surface area contributed by atoms with E-state index in [9.17, 15) is 4.39 Å². The number of anilines is 1. The Hall–Kier alpha value is -1.97. The molecule has 16 heavy (non-hydrogen) atoms. The maximum Gasteiger partial charge on any atom is 0.162 e. The van der Waals surface area contributed by atoms with E-state index < -0.39 is 0 Å². The molecule has 0 aliphatic carbocycles. The van der Waals surface area contributed by atoms with E-state index in [1.807, 2.05) is 13.8 Å². The monoisotopic (exact) mass is 217 g/mol. The molecule has 0 saturated heterocycles. The first-order chi connectivity index (χ1) is 7.56. The zero-order valence-electron chi connectivity index (χ0n) is 9.16. The van der Waals surface area contributed by atoms with Crippen molar-refractivity contribution in [3.8, 4) is 11.4 Å². The fraction of sp³-hybridized carbons (Fsp3) is 0.167. The van der Waals surface area contributed by atoms with Crippen LogP contribution in [0.4, 0.5) is 10.2 Å². The largest absolute Gasteiger partial charge is 0.384 e. The quantitative estimate of drug-likeness (QED) is 0.798. The van der Waals surface area contributed by atoms with Crippen LogP contribution >= 0.6 is 0 Å². The highest BCUT2D eigenvalue weighted by molar-refractivity contribution is 5.61. The first-order valence-electron chi connectivity index (χ1n) is 4.94. The molecule has 0 fully saturated rings. The van der Waals surface area contributed by atoms with E-state index in [1.54, 1.807) is 12.1 Å². The first-order valence-corrected chi connectivity index (χ1v) is 4.94. The molecule has 1 heterocycles. The van der Waals surface area contributed by atoms with Crippen LogP contribution in [0, 0.1) is 19.7 Å². The van der Waals surface area contributed by atoms with Gasteiger partial charge in [0.15, 0.2) is 5.82 Å². The number of halogens is 1. The lowest BCUT2D eigenvalue weighted by molar-refractivity contribution is 0.627. The number of rotatable bonds is 1. The Balaban J connectivity index is 2.58. The second-order valence-electron chi connectivity index (χ2n) is 3.72. The molecule has 2 aromatic rings. The summed E-state index contributed by atoms with van der Waals surface area (Å²) in [6, 6.07) is 6.21. The minimum atomic E-state index is -0.262. The summed E-state index contributed by atoms with van der Waals surface area (Å²) in [5, 5.41) is 0. The molecule has 0 aliphatic heterocycles. The van der Waals surface area contributed by atoms with E-state index >= 15 is 0 Å². The van der Waals surface area contributed by atoms with Gasteiger partial charge in [0, 0.05) is 17.3 Å². The van der Waals surface area contributed by atoms with E-state index in [0.717, 1.165) is 16.8 Å². The molecule has 0 atom stereocenters. The molecule has 2 rings (SSSR count). The van der Waals surface area contributed by atoms with Gasteiger partial charge in [-0.15, -0.1) is 0 Å². The molecule has 0 spiro atoms. The standard InChI is InChI=1S/C12H12FN3/c1-7-5-9(13)3-4-10(7)12-15-8(2)6-11(14)16-12/h3-6H,1-2H3,(H2,14,15,16). The SMILES string of the molecule is Cc1cc(N)nc(-c2ccc(F)cc2C)n1. The van der Waals surface area contributed by atoms with Crippen LogP contribution in [0.25, 0.3) is 11.4 Å². The van der Waals surface area contributed by atoms with E-state index in [0.29, 0.717) is 11.6 Å². The fourth-order valence-electron chi connectivity index (χ4n) is 1.59. The fourth-order valence-corrected chi connectivity index (χ4v) is 1.59. The molecule has 0 saturated carbocycles. The van der Waals surface area contributed by atoms with Crippen molar-refractivity contribution in [3.63, 3.8) is 0 Å². The van der Waals surface area contributed by atoms with Crippen molar-refractivity contribution in [1.29, 1.82) is 0 Å². The summed E-state index contributed by atoms with van der Waals surface area (Å²) in [6.07, 6.45) is 0. The smallest absolute Gasteiger partial charge is 0.162 e. The van der Waals surface area contributed by atoms with Crippen LogP contribution < -0.4 is 5.73 Å². The van der Waals surface area contributed by atoms with Gasteiger partial charge in [-0.1, -0.05) is 0 Å². The van der Waals surface area contributed by atoms with E-state index in [2.05, 4.69) is 9.97 Å². The summed E-state index contributed by atoms with van der Waals surface area (Å²) in [6.45, 7) is 3.67. The zero-order valence-corrected chi connectivity index (χ0v) is 9.16. The molecule has 1 aromatic heterocycles. The Morgan fingerprint density at radius 2 is 1.88 bits per heavy atom. The number of hydrogen-bond donors (Lipinski definition) is 1. The van der Waals surface area contributed by atoms with Gasteiger partial charge in [-0.25, -0.2) is 14.4 Å². The van der Waals surface area contributed by atoms with Gasteiger partial charge in [0.2, 0.25) is 0 Å². The summed E-state index contributed by atoms with van der Waals surface area (Å²) in [5.74, 6) is 0.697.